The highest BCUT2D eigenvalue weighted by Crippen LogP contribution is 2.37. The molecule has 3 rings (SSSR count). The van der Waals surface area contributed by atoms with E-state index in [4.69, 9.17) is 13.9 Å². The maximum Gasteiger partial charge on any atom is 0.274 e. The molecule has 0 atom stereocenters. The lowest BCUT2D eigenvalue weighted by atomic mass is 10.1. The van der Waals surface area contributed by atoms with Crippen LogP contribution in [0.1, 0.15) is 26.6 Å². The van der Waals surface area contributed by atoms with Gasteiger partial charge in [0.1, 0.15) is 11.5 Å². The first-order valence-corrected chi connectivity index (χ1v) is 8.79. The number of pyridine rings is 1. The molecule has 0 saturated heterocycles. The van der Waals surface area contributed by atoms with Gasteiger partial charge in [-0.05, 0) is 36.4 Å². The molecule has 0 aliphatic heterocycles. The number of rotatable bonds is 7. The van der Waals surface area contributed by atoms with Crippen LogP contribution in [-0.4, -0.2) is 43.0 Å². The summed E-state index contributed by atoms with van der Waals surface area (Å²) in [6, 6.07) is 11.7. The molecule has 0 aliphatic carbocycles. The summed E-state index contributed by atoms with van der Waals surface area (Å²) < 4.78 is 16.0. The number of amides is 2. The van der Waals surface area contributed by atoms with E-state index in [2.05, 4.69) is 10.3 Å². The highest BCUT2D eigenvalue weighted by atomic mass is 16.5. The lowest BCUT2D eigenvalue weighted by molar-refractivity contribution is 0.0774. The zero-order valence-corrected chi connectivity index (χ0v) is 16.3. The number of benzene rings is 1. The fourth-order valence-electron chi connectivity index (χ4n) is 2.79. The number of ether oxygens (including phenoxy) is 2. The Labute approximate surface area is 168 Å². The van der Waals surface area contributed by atoms with Gasteiger partial charge in [0.25, 0.3) is 11.8 Å². The van der Waals surface area contributed by atoms with Crippen molar-refractivity contribution in [2.75, 3.05) is 26.6 Å². The zero-order chi connectivity index (χ0) is 20.8. The summed E-state index contributed by atoms with van der Waals surface area (Å²) in [6.45, 7) is 0.301. The second-order valence-corrected chi connectivity index (χ2v) is 6.17. The van der Waals surface area contributed by atoms with Crippen molar-refractivity contribution in [1.82, 2.24) is 9.88 Å². The molecule has 0 saturated carbocycles. The molecule has 8 heteroatoms. The van der Waals surface area contributed by atoms with E-state index in [1.54, 1.807) is 55.8 Å². The number of nitrogens with one attached hydrogen (secondary N) is 1. The van der Waals surface area contributed by atoms with E-state index in [-0.39, 0.29) is 11.6 Å². The molecular weight excluding hydrogens is 374 g/mol. The smallest absolute Gasteiger partial charge is 0.274 e. The van der Waals surface area contributed by atoms with E-state index in [0.717, 1.165) is 0 Å². The topological polar surface area (TPSA) is 93.9 Å². The van der Waals surface area contributed by atoms with Crippen molar-refractivity contribution < 1.29 is 23.5 Å². The molecule has 0 radical (unpaired) electrons. The summed E-state index contributed by atoms with van der Waals surface area (Å²) in [5.74, 6) is 0.586. The van der Waals surface area contributed by atoms with E-state index in [1.807, 2.05) is 0 Å². The minimum Gasteiger partial charge on any atom is -0.493 e. The summed E-state index contributed by atoms with van der Waals surface area (Å²) in [5, 5.41) is 2.74. The second-order valence-electron chi connectivity index (χ2n) is 6.17. The van der Waals surface area contributed by atoms with Crippen LogP contribution in [0.2, 0.25) is 0 Å². The van der Waals surface area contributed by atoms with Gasteiger partial charge >= 0.3 is 0 Å². The van der Waals surface area contributed by atoms with Crippen molar-refractivity contribution in [3.05, 3.63) is 71.9 Å². The largest absolute Gasteiger partial charge is 0.493 e. The van der Waals surface area contributed by atoms with Crippen LogP contribution in [0.25, 0.3) is 0 Å². The molecule has 0 aliphatic rings. The van der Waals surface area contributed by atoms with Crippen LogP contribution in [0.4, 0.5) is 5.69 Å². The predicted molar refractivity (Wildman–Crippen MR) is 106 cm³/mol. The van der Waals surface area contributed by atoms with Crippen molar-refractivity contribution in [3.63, 3.8) is 0 Å². The highest BCUT2D eigenvalue weighted by molar-refractivity contribution is 6.05. The first-order valence-electron chi connectivity index (χ1n) is 8.79. The Bertz CT molecular complexity index is 987. The third-order valence-corrected chi connectivity index (χ3v) is 4.19. The second kappa shape index (κ2) is 8.92. The zero-order valence-electron chi connectivity index (χ0n) is 16.3. The Morgan fingerprint density at radius 1 is 1.14 bits per heavy atom. The molecule has 2 heterocycles. The molecular formula is C21H21N3O5. The predicted octanol–water partition coefficient (Wildman–Crippen LogP) is 3.22. The first kappa shape index (κ1) is 19.9. The van der Waals surface area contributed by atoms with Crippen LogP contribution < -0.4 is 14.8 Å². The maximum atomic E-state index is 12.9. The minimum atomic E-state index is -0.431. The van der Waals surface area contributed by atoms with Crippen LogP contribution in [0.3, 0.4) is 0 Å². The summed E-state index contributed by atoms with van der Waals surface area (Å²) in [4.78, 5) is 31.0. The van der Waals surface area contributed by atoms with Crippen LogP contribution >= 0.6 is 0 Å². The number of nitrogens with zero attached hydrogens (tertiary/aromatic N) is 2. The van der Waals surface area contributed by atoms with Gasteiger partial charge in [0.15, 0.2) is 11.5 Å². The number of anilines is 1. The van der Waals surface area contributed by atoms with Gasteiger partial charge in [0.2, 0.25) is 0 Å². The SMILES string of the molecule is COc1cc(C(=O)N(C)Cc2ccco2)cc(NC(=O)c2ccccn2)c1OC. The molecule has 8 nitrogen and oxygen atoms in total. The van der Waals surface area contributed by atoms with Gasteiger partial charge in [-0.1, -0.05) is 6.07 Å². The molecule has 2 aromatic heterocycles. The van der Waals surface area contributed by atoms with Crippen molar-refractivity contribution >= 4 is 17.5 Å². The third kappa shape index (κ3) is 4.55. The van der Waals surface area contributed by atoms with Gasteiger partial charge in [-0.25, -0.2) is 0 Å². The normalized spacial score (nSPS) is 10.3. The van der Waals surface area contributed by atoms with Gasteiger partial charge in [0.05, 0.1) is 32.7 Å². The standard InChI is InChI=1S/C21H21N3O5/c1-24(13-15-7-6-10-29-15)21(26)14-11-17(19(28-3)18(12-14)27-2)23-20(25)16-8-4-5-9-22-16/h4-12H,13H2,1-3H3,(H,23,25). The van der Waals surface area contributed by atoms with Gasteiger partial charge in [-0.2, -0.15) is 0 Å². The fourth-order valence-corrected chi connectivity index (χ4v) is 2.79. The summed E-state index contributed by atoms with van der Waals surface area (Å²) >= 11 is 0. The van der Waals surface area contributed by atoms with Gasteiger partial charge in [-0.3, -0.25) is 14.6 Å². The van der Waals surface area contributed by atoms with Crippen molar-refractivity contribution in [3.8, 4) is 11.5 Å². The molecule has 29 heavy (non-hydrogen) atoms. The number of carbonyl (C=O) groups excluding carboxylic acids is 2. The van der Waals surface area contributed by atoms with Crippen LogP contribution in [-0.2, 0) is 6.54 Å². The van der Waals surface area contributed by atoms with E-state index in [0.29, 0.717) is 35.1 Å². The van der Waals surface area contributed by atoms with E-state index in [1.165, 1.54) is 25.3 Å². The van der Waals surface area contributed by atoms with E-state index in [9.17, 15) is 9.59 Å². The Kier molecular flexibility index (Phi) is 6.13. The number of methoxy groups -OCH3 is 2. The van der Waals surface area contributed by atoms with Crippen LogP contribution in [0.5, 0.6) is 11.5 Å². The monoisotopic (exact) mass is 395 g/mol. The maximum absolute atomic E-state index is 12.9. The number of hydrogen-bond donors (Lipinski definition) is 1. The van der Waals surface area contributed by atoms with Crippen molar-refractivity contribution in [1.29, 1.82) is 0 Å². The number of furan rings is 1. The summed E-state index contributed by atoms with van der Waals surface area (Å²) in [5.41, 5.74) is 0.866. The van der Waals surface area contributed by atoms with Crippen LogP contribution in [0.15, 0.2) is 59.3 Å². The lowest BCUT2D eigenvalue weighted by Gasteiger charge is -2.19. The van der Waals surface area contributed by atoms with Crippen molar-refractivity contribution in [2.24, 2.45) is 0 Å². The molecule has 3 aromatic rings. The molecule has 150 valence electrons. The third-order valence-electron chi connectivity index (χ3n) is 4.19. The number of aromatic nitrogens is 1. The van der Waals surface area contributed by atoms with Crippen LogP contribution in [0, 0.1) is 0 Å². The molecule has 1 N–H and O–H groups in total. The Hall–Kier alpha value is -3.81. The summed E-state index contributed by atoms with van der Waals surface area (Å²) in [7, 11) is 4.58. The quantitative estimate of drug-likeness (QED) is 0.660. The molecule has 0 unspecified atom stereocenters. The first-order chi connectivity index (χ1) is 14.0. The minimum absolute atomic E-state index is 0.236. The summed E-state index contributed by atoms with van der Waals surface area (Å²) in [6.07, 6.45) is 3.07. The fraction of sp³-hybridized carbons (Fsp3) is 0.190. The molecule has 0 fully saturated rings. The van der Waals surface area contributed by atoms with E-state index < -0.39 is 5.91 Å². The average Bonchev–Trinajstić information content (AvgIpc) is 3.26. The van der Waals surface area contributed by atoms with Gasteiger partial charge in [0, 0.05) is 18.8 Å². The average molecular weight is 395 g/mol. The molecule has 1 aromatic carbocycles. The Morgan fingerprint density at radius 2 is 1.97 bits per heavy atom. The Balaban J connectivity index is 1.91. The molecule has 2 amide bonds. The highest BCUT2D eigenvalue weighted by Gasteiger charge is 2.21. The number of hydrogen-bond acceptors (Lipinski definition) is 6. The van der Waals surface area contributed by atoms with Gasteiger partial charge < -0.3 is 24.1 Å². The number of carbonyl (C=O) groups is 2. The van der Waals surface area contributed by atoms with E-state index >= 15 is 0 Å². The Morgan fingerprint density at radius 3 is 2.59 bits per heavy atom. The molecule has 0 bridgehead atoms. The van der Waals surface area contributed by atoms with Crippen molar-refractivity contribution in [2.45, 2.75) is 6.54 Å². The van der Waals surface area contributed by atoms with Gasteiger partial charge in [-0.15, -0.1) is 0 Å². The molecule has 0 spiro atoms. The lowest BCUT2D eigenvalue weighted by Crippen LogP contribution is -2.26.